The van der Waals surface area contributed by atoms with Gasteiger partial charge in [0.05, 0.1) is 28.5 Å². The molecule has 3 heterocycles. The Morgan fingerprint density at radius 3 is 1.70 bits per heavy atom. The third-order valence-electron chi connectivity index (χ3n) is 10.1. The first-order valence-electron chi connectivity index (χ1n) is 17.2. The van der Waals surface area contributed by atoms with Gasteiger partial charge in [0.25, 0.3) is 0 Å². The van der Waals surface area contributed by atoms with Crippen LogP contribution in [-0.2, 0) is 0 Å². The average molecular weight is 641 g/mol. The fourth-order valence-electron chi connectivity index (χ4n) is 7.87. The molecule has 0 radical (unpaired) electrons. The second-order valence-electron chi connectivity index (χ2n) is 13.0. The molecule has 0 fully saturated rings. The van der Waals surface area contributed by atoms with Gasteiger partial charge in [0.2, 0.25) is 0 Å². The molecule has 50 heavy (non-hydrogen) atoms. The Morgan fingerprint density at radius 1 is 0.460 bits per heavy atom. The number of para-hydroxylation sites is 3. The van der Waals surface area contributed by atoms with Crippen molar-refractivity contribution in [3.05, 3.63) is 188 Å². The third-order valence-corrected chi connectivity index (χ3v) is 10.1. The molecular weight excluding hydrogens is 609 g/mol. The van der Waals surface area contributed by atoms with Crippen molar-refractivity contribution < 1.29 is 0 Å². The molecule has 8 aromatic rings. The molecule has 0 spiro atoms. The SMILES string of the molecule is C1=CC2c3ccccc3N(c3cc(-c4nc(-c5ccccc5)cc(-c5ccccc5)n4)cc(-n4c5ccccc5c5ccccc54)c3)C2C=C1. The number of hydrogen-bond acceptors (Lipinski definition) is 3. The monoisotopic (exact) mass is 640 g/mol. The summed E-state index contributed by atoms with van der Waals surface area (Å²) in [5.74, 6) is 0.969. The molecule has 0 saturated heterocycles. The van der Waals surface area contributed by atoms with Gasteiger partial charge in [-0.1, -0.05) is 140 Å². The van der Waals surface area contributed by atoms with Gasteiger partial charge < -0.3 is 9.47 Å². The van der Waals surface area contributed by atoms with Gasteiger partial charge in [0.15, 0.2) is 5.82 Å². The second kappa shape index (κ2) is 11.6. The number of nitrogens with zero attached hydrogens (tertiary/aromatic N) is 4. The molecule has 2 unspecified atom stereocenters. The summed E-state index contributed by atoms with van der Waals surface area (Å²) in [6.07, 6.45) is 9.02. The summed E-state index contributed by atoms with van der Waals surface area (Å²) in [5, 5.41) is 2.46. The van der Waals surface area contributed by atoms with E-state index in [1.54, 1.807) is 0 Å². The van der Waals surface area contributed by atoms with Gasteiger partial charge in [-0.05, 0) is 48.0 Å². The Morgan fingerprint density at radius 2 is 1.02 bits per heavy atom. The summed E-state index contributed by atoms with van der Waals surface area (Å²) in [6.45, 7) is 0. The molecule has 4 nitrogen and oxygen atoms in total. The van der Waals surface area contributed by atoms with Crippen LogP contribution in [-0.4, -0.2) is 20.6 Å². The molecule has 1 aliphatic carbocycles. The van der Waals surface area contributed by atoms with Gasteiger partial charge in [-0.25, -0.2) is 9.97 Å². The van der Waals surface area contributed by atoms with Crippen molar-refractivity contribution in [1.82, 2.24) is 14.5 Å². The van der Waals surface area contributed by atoms with Crippen LogP contribution in [0.1, 0.15) is 11.5 Å². The fourth-order valence-corrected chi connectivity index (χ4v) is 7.87. The molecule has 6 aromatic carbocycles. The van der Waals surface area contributed by atoms with E-state index in [2.05, 4.69) is 179 Å². The molecular formula is C46H32N4. The number of hydrogen-bond donors (Lipinski definition) is 0. The topological polar surface area (TPSA) is 34.0 Å². The highest BCUT2D eigenvalue weighted by atomic mass is 15.2. The van der Waals surface area contributed by atoms with Crippen LogP contribution >= 0.6 is 0 Å². The zero-order valence-electron chi connectivity index (χ0n) is 27.3. The standard InChI is InChI=1S/C46H32N4/c1-3-15-31(16-4-1)40-30-41(32-17-5-2-6-18-32)48-46(47-40)33-27-34(49-42-23-11-7-19-36(42)37-20-8-12-24-43(37)49)29-35(28-33)50-44-25-13-9-21-38(44)39-22-10-14-26-45(39)50/h1-30,36,42H. The number of rotatable bonds is 5. The lowest BCUT2D eigenvalue weighted by atomic mass is 9.91. The van der Waals surface area contributed by atoms with E-state index in [0.717, 1.165) is 39.5 Å². The van der Waals surface area contributed by atoms with E-state index in [4.69, 9.17) is 9.97 Å². The minimum absolute atomic E-state index is 0.162. The molecule has 236 valence electrons. The molecule has 2 aromatic heterocycles. The summed E-state index contributed by atoms with van der Waals surface area (Å²) in [4.78, 5) is 13.1. The maximum atomic E-state index is 5.28. The summed E-state index contributed by atoms with van der Waals surface area (Å²) in [7, 11) is 0. The van der Waals surface area contributed by atoms with Gasteiger partial charge >= 0.3 is 0 Å². The van der Waals surface area contributed by atoms with E-state index in [1.807, 2.05) is 12.1 Å². The van der Waals surface area contributed by atoms with E-state index in [9.17, 15) is 0 Å². The first-order valence-corrected chi connectivity index (χ1v) is 17.2. The van der Waals surface area contributed by atoms with Crippen LogP contribution in [0.25, 0.3) is 61.4 Å². The predicted molar refractivity (Wildman–Crippen MR) is 206 cm³/mol. The lowest BCUT2D eigenvalue weighted by molar-refractivity contribution is 0.744. The molecule has 0 saturated carbocycles. The van der Waals surface area contributed by atoms with Crippen molar-refractivity contribution in [2.75, 3.05) is 4.90 Å². The van der Waals surface area contributed by atoms with Gasteiger partial charge in [0, 0.05) is 50.4 Å². The molecule has 10 rings (SSSR count). The zero-order chi connectivity index (χ0) is 33.0. The molecule has 0 amide bonds. The van der Waals surface area contributed by atoms with E-state index in [0.29, 0.717) is 5.82 Å². The maximum Gasteiger partial charge on any atom is 0.160 e. The summed E-state index contributed by atoms with van der Waals surface area (Å²) >= 11 is 0. The van der Waals surface area contributed by atoms with E-state index < -0.39 is 0 Å². The summed E-state index contributed by atoms with van der Waals surface area (Å²) in [6, 6.07) is 56.2. The molecule has 4 heteroatoms. The smallest absolute Gasteiger partial charge is 0.160 e. The van der Waals surface area contributed by atoms with Gasteiger partial charge in [-0.15, -0.1) is 0 Å². The Hall–Kier alpha value is -6.52. The summed E-state index contributed by atoms with van der Waals surface area (Å²) < 4.78 is 2.40. The molecule has 2 atom stereocenters. The van der Waals surface area contributed by atoms with E-state index >= 15 is 0 Å². The minimum Gasteiger partial charge on any atom is -0.333 e. The minimum atomic E-state index is 0.162. The second-order valence-corrected chi connectivity index (χ2v) is 13.0. The van der Waals surface area contributed by atoms with Crippen LogP contribution < -0.4 is 4.90 Å². The highest BCUT2D eigenvalue weighted by Crippen LogP contribution is 2.48. The Balaban J connectivity index is 1.26. The van der Waals surface area contributed by atoms with Crippen molar-refractivity contribution in [2.45, 2.75) is 12.0 Å². The van der Waals surface area contributed by atoms with Crippen LogP contribution in [0.4, 0.5) is 11.4 Å². The number of allylic oxidation sites excluding steroid dienone is 2. The first-order chi connectivity index (χ1) is 24.8. The third kappa shape index (κ3) is 4.61. The first kappa shape index (κ1) is 28.5. The number of benzene rings is 6. The Kier molecular flexibility index (Phi) is 6.59. The van der Waals surface area contributed by atoms with E-state index in [-0.39, 0.29) is 12.0 Å². The van der Waals surface area contributed by atoms with Crippen molar-refractivity contribution in [3.63, 3.8) is 0 Å². The van der Waals surface area contributed by atoms with Crippen LogP contribution in [0.3, 0.4) is 0 Å². The normalized spacial score (nSPS) is 16.2. The molecule has 1 aliphatic heterocycles. The molecule has 0 bridgehead atoms. The van der Waals surface area contributed by atoms with Crippen LogP contribution in [0.2, 0.25) is 0 Å². The lowest BCUT2D eigenvalue weighted by Crippen LogP contribution is -2.28. The number of anilines is 2. The summed E-state index contributed by atoms with van der Waals surface area (Å²) in [5.41, 5.74) is 12.0. The van der Waals surface area contributed by atoms with Crippen molar-refractivity contribution in [3.8, 4) is 39.6 Å². The largest absolute Gasteiger partial charge is 0.333 e. The number of fused-ring (bicyclic) bond motifs is 6. The number of aromatic nitrogens is 3. The van der Waals surface area contributed by atoms with Crippen LogP contribution in [0, 0.1) is 0 Å². The molecule has 0 N–H and O–H groups in total. The highest BCUT2D eigenvalue weighted by molar-refractivity contribution is 6.09. The maximum absolute atomic E-state index is 5.28. The van der Waals surface area contributed by atoms with Crippen LogP contribution in [0.15, 0.2) is 182 Å². The average Bonchev–Trinajstić information content (AvgIpc) is 3.71. The van der Waals surface area contributed by atoms with E-state index in [1.165, 1.54) is 33.1 Å². The van der Waals surface area contributed by atoms with Crippen LogP contribution in [0.5, 0.6) is 0 Å². The van der Waals surface area contributed by atoms with Gasteiger partial charge in [-0.2, -0.15) is 0 Å². The Labute approximate surface area is 290 Å². The van der Waals surface area contributed by atoms with Crippen molar-refractivity contribution in [2.24, 2.45) is 0 Å². The Bertz CT molecular complexity index is 2500. The quantitative estimate of drug-likeness (QED) is 0.188. The zero-order valence-corrected chi connectivity index (χ0v) is 27.3. The predicted octanol–water partition coefficient (Wildman–Crippen LogP) is 11.3. The lowest BCUT2D eigenvalue weighted by Gasteiger charge is -2.29. The molecule has 2 aliphatic rings. The fraction of sp³-hybridized carbons (Fsp3) is 0.0435. The highest BCUT2D eigenvalue weighted by Gasteiger charge is 2.37. The van der Waals surface area contributed by atoms with Gasteiger partial charge in [0.1, 0.15) is 0 Å². The van der Waals surface area contributed by atoms with Crippen molar-refractivity contribution in [1.29, 1.82) is 0 Å². The van der Waals surface area contributed by atoms with Gasteiger partial charge in [-0.3, -0.25) is 0 Å². The van der Waals surface area contributed by atoms with Crippen molar-refractivity contribution >= 4 is 33.2 Å².